The van der Waals surface area contributed by atoms with Gasteiger partial charge in [0.1, 0.15) is 6.07 Å². The first-order valence-corrected chi connectivity index (χ1v) is 6.68. The van der Waals surface area contributed by atoms with Gasteiger partial charge in [-0.2, -0.15) is 5.26 Å². The predicted octanol–water partition coefficient (Wildman–Crippen LogP) is 3.01. The lowest BCUT2D eigenvalue weighted by molar-refractivity contribution is 0.300. The maximum Gasteiger partial charge on any atom is 0.101 e. The number of hydrogen-bond donors (Lipinski definition) is 1. The van der Waals surface area contributed by atoms with Crippen molar-refractivity contribution in [2.45, 2.75) is 27.2 Å². The van der Waals surface area contributed by atoms with E-state index in [0.717, 1.165) is 43.0 Å². The van der Waals surface area contributed by atoms with Crippen molar-refractivity contribution >= 4 is 5.69 Å². The van der Waals surface area contributed by atoms with Crippen LogP contribution in [0.15, 0.2) is 18.2 Å². The molecule has 0 bridgehead atoms. The topological polar surface area (TPSA) is 39.1 Å². The Balaban J connectivity index is 2.51. The summed E-state index contributed by atoms with van der Waals surface area (Å²) in [5.41, 5.74) is 2.79. The Kier molecular flexibility index (Phi) is 6.24. The highest BCUT2D eigenvalue weighted by Gasteiger charge is 2.03. The van der Waals surface area contributed by atoms with Crippen LogP contribution in [0.5, 0.6) is 0 Å². The molecule has 98 valence electrons. The summed E-state index contributed by atoms with van der Waals surface area (Å²) >= 11 is 0. The molecule has 18 heavy (non-hydrogen) atoms. The maximum atomic E-state index is 9.08. The number of aryl methyl sites for hydroxylation is 1. The molecule has 0 aliphatic heterocycles. The molecule has 0 amide bonds. The monoisotopic (exact) mass is 245 g/mol. The van der Waals surface area contributed by atoms with E-state index < -0.39 is 0 Å². The molecule has 1 aromatic rings. The van der Waals surface area contributed by atoms with E-state index in [1.165, 1.54) is 6.42 Å². The standard InChI is InChI=1S/C15H23N3/c1-4-9-18(5-2)10-8-17-15-7-6-13(3)11-14(15)12-16/h6-7,11,17H,4-5,8-10H2,1-3H3. The molecule has 0 saturated heterocycles. The normalized spacial score (nSPS) is 10.4. The van der Waals surface area contributed by atoms with Crippen LogP contribution in [-0.2, 0) is 0 Å². The molecule has 1 rings (SSSR count). The lowest BCUT2D eigenvalue weighted by Gasteiger charge is -2.20. The highest BCUT2D eigenvalue weighted by atomic mass is 15.1. The van der Waals surface area contributed by atoms with Crippen LogP contribution in [0.3, 0.4) is 0 Å². The van der Waals surface area contributed by atoms with Gasteiger partial charge in [0, 0.05) is 13.1 Å². The Bertz CT molecular complexity index is 407. The minimum Gasteiger partial charge on any atom is -0.383 e. The fourth-order valence-electron chi connectivity index (χ4n) is 2.00. The number of anilines is 1. The fourth-order valence-corrected chi connectivity index (χ4v) is 2.00. The highest BCUT2D eigenvalue weighted by Crippen LogP contribution is 2.15. The first kappa shape index (κ1) is 14.5. The molecule has 1 aromatic carbocycles. The van der Waals surface area contributed by atoms with Crippen LogP contribution in [-0.4, -0.2) is 31.1 Å². The third-order valence-corrected chi connectivity index (χ3v) is 3.03. The van der Waals surface area contributed by atoms with Crippen molar-refractivity contribution in [2.75, 3.05) is 31.5 Å². The number of likely N-dealkylation sites (N-methyl/N-ethyl adjacent to an activating group) is 1. The Labute approximate surface area is 110 Å². The van der Waals surface area contributed by atoms with Crippen molar-refractivity contribution in [2.24, 2.45) is 0 Å². The summed E-state index contributed by atoms with van der Waals surface area (Å²) in [6.45, 7) is 10.5. The molecular formula is C15H23N3. The molecule has 0 radical (unpaired) electrons. The lowest BCUT2D eigenvalue weighted by atomic mass is 10.1. The molecule has 0 heterocycles. The number of hydrogen-bond acceptors (Lipinski definition) is 3. The molecule has 0 atom stereocenters. The molecule has 0 saturated carbocycles. The van der Waals surface area contributed by atoms with Crippen molar-refractivity contribution in [3.63, 3.8) is 0 Å². The van der Waals surface area contributed by atoms with Crippen molar-refractivity contribution in [3.05, 3.63) is 29.3 Å². The van der Waals surface area contributed by atoms with Gasteiger partial charge in [0.2, 0.25) is 0 Å². The van der Waals surface area contributed by atoms with E-state index in [9.17, 15) is 0 Å². The highest BCUT2D eigenvalue weighted by molar-refractivity contribution is 5.58. The second-order valence-electron chi connectivity index (χ2n) is 4.52. The van der Waals surface area contributed by atoms with Gasteiger partial charge in [0.15, 0.2) is 0 Å². The van der Waals surface area contributed by atoms with Crippen molar-refractivity contribution in [3.8, 4) is 6.07 Å². The predicted molar refractivity (Wildman–Crippen MR) is 76.8 cm³/mol. The van der Waals surface area contributed by atoms with Gasteiger partial charge < -0.3 is 10.2 Å². The summed E-state index contributed by atoms with van der Waals surface area (Å²) < 4.78 is 0. The smallest absolute Gasteiger partial charge is 0.101 e. The molecule has 0 unspecified atom stereocenters. The average molecular weight is 245 g/mol. The second kappa shape index (κ2) is 7.73. The summed E-state index contributed by atoms with van der Waals surface area (Å²) in [4.78, 5) is 2.41. The molecular weight excluding hydrogens is 222 g/mol. The number of rotatable bonds is 7. The van der Waals surface area contributed by atoms with Crippen molar-refractivity contribution < 1.29 is 0 Å². The summed E-state index contributed by atoms with van der Waals surface area (Å²) in [5.74, 6) is 0. The van der Waals surface area contributed by atoms with Gasteiger partial charge in [-0.3, -0.25) is 0 Å². The number of nitriles is 1. The van der Waals surface area contributed by atoms with Crippen LogP contribution in [0.4, 0.5) is 5.69 Å². The molecule has 0 aromatic heterocycles. The zero-order valence-electron chi connectivity index (χ0n) is 11.7. The zero-order chi connectivity index (χ0) is 13.4. The van der Waals surface area contributed by atoms with Crippen LogP contribution in [0.25, 0.3) is 0 Å². The van der Waals surface area contributed by atoms with Gasteiger partial charge in [-0.25, -0.2) is 0 Å². The van der Waals surface area contributed by atoms with E-state index in [-0.39, 0.29) is 0 Å². The van der Waals surface area contributed by atoms with Crippen molar-refractivity contribution in [1.29, 1.82) is 5.26 Å². The van der Waals surface area contributed by atoms with E-state index in [1.54, 1.807) is 0 Å². The minimum atomic E-state index is 0.730. The maximum absolute atomic E-state index is 9.08. The third-order valence-electron chi connectivity index (χ3n) is 3.03. The Hall–Kier alpha value is -1.53. The van der Waals surface area contributed by atoms with Crippen LogP contribution in [0, 0.1) is 18.3 Å². The third kappa shape index (κ3) is 4.38. The molecule has 1 N–H and O–H groups in total. The molecule has 0 aliphatic carbocycles. The Morgan fingerprint density at radius 1 is 1.28 bits per heavy atom. The van der Waals surface area contributed by atoms with Gasteiger partial charge in [-0.1, -0.05) is 19.9 Å². The van der Waals surface area contributed by atoms with E-state index in [1.807, 2.05) is 25.1 Å². The van der Waals surface area contributed by atoms with E-state index in [4.69, 9.17) is 5.26 Å². The van der Waals surface area contributed by atoms with Crippen LogP contribution >= 0.6 is 0 Å². The van der Waals surface area contributed by atoms with E-state index >= 15 is 0 Å². The Morgan fingerprint density at radius 2 is 2.06 bits per heavy atom. The van der Waals surface area contributed by atoms with Crippen LogP contribution in [0.1, 0.15) is 31.4 Å². The summed E-state index contributed by atoms with van der Waals surface area (Å²) in [6, 6.07) is 8.18. The fraction of sp³-hybridized carbons (Fsp3) is 0.533. The van der Waals surface area contributed by atoms with Crippen LogP contribution in [0.2, 0.25) is 0 Å². The first-order valence-electron chi connectivity index (χ1n) is 6.68. The number of nitrogens with one attached hydrogen (secondary N) is 1. The van der Waals surface area contributed by atoms with Gasteiger partial charge in [-0.15, -0.1) is 0 Å². The first-order chi connectivity index (χ1) is 8.71. The van der Waals surface area contributed by atoms with E-state index in [2.05, 4.69) is 30.1 Å². The Morgan fingerprint density at radius 3 is 2.67 bits per heavy atom. The van der Waals surface area contributed by atoms with E-state index in [0.29, 0.717) is 0 Å². The SMILES string of the molecule is CCCN(CC)CCNc1ccc(C)cc1C#N. The molecule has 3 heteroatoms. The lowest BCUT2D eigenvalue weighted by Crippen LogP contribution is -2.29. The molecule has 0 aliphatic rings. The quantitative estimate of drug-likeness (QED) is 0.802. The molecule has 3 nitrogen and oxygen atoms in total. The number of benzene rings is 1. The van der Waals surface area contributed by atoms with Gasteiger partial charge in [0.25, 0.3) is 0 Å². The summed E-state index contributed by atoms with van der Waals surface area (Å²) in [6.07, 6.45) is 1.18. The van der Waals surface area contributed by atoms with Gasteiger partial charge >= 0.3 is 0 Å². The molecule has 0 spiro atoms. The zero-order valence-corrected chi connectivity index (χ0v) is 11.7. The van der Waals surface area contributed by atoms with Gasteiger partial charge in [-0.05, 0) is 44.1 Å². The van der Waals surface area contributed by atoms with Gasteiger partial charge in [0.05, 0.1) is 11.3 Å². The van der Waals surface area contributed by atoms with Crippen LogP contribution < -0.4 is 5.32 Å². The largest absolute Gasteiger partial charge is 0.383 e. The average Bonchev–Trinajstić information content (AvgIpc) is 2.39. The summed E-state index contributed by atoms with van der Waals surface area (Å²) in [5, 5.41) is 12.4. The van der Waals surface area contributed by atoms with Crippen molar-refractivity contribution in [1.82, 2.24) is 4.90 Å². The summed E-state index contributed by atoms with van der Waals surface area (Å²) in [7, 11) is 0. The second-order valence-corrected chi connectivity index (χ2v) is 4.52. The molecule has 0 fully saturated rings. The minimum absolute atomic E-state index is 0.730. The number of nitrogens with zero attached hydrogens (tertiary/aromatic N) is 2.